The number of rotatable bonds is 11. The largest absolute Gasteiger partial charge is 0.462 e. The molecule has 6 atom stereocenters. The molecule has 0 unspecified atom stereocenters. The molecule has 2 aromatic heterocycles. The number of benzene rings is 2. The number of nitrogens with zero attached hydrogens (tertiary/aromatic N) is 4. The second kappa shape index (κ2) is 12.5. The van der Waals surface area contributed by atoms with Crippen LogP contribution in [-0.2, 0) is 30.6 Å². The number of hydrogen-bond donors (Lipinski definition) is 4. The summed E-state index contributed by atoms with van der Waals surface area (Å²) in [6.07, 6.45) is -3.18. The third-order valence-corrected chi connectivity index (χ3v) is 9.56. The number of aliphatic hydroxyl groups is 1. The van der Waals surface area contributed by atoms with Crippen molar-refractivity contribution < 1.29 is 32.8 Å². The van der Waals surface area contributed by atoms with Gasteiger partial charge in [-0.25, -0.2) is 14.5 Å². The van der Waals surface area contributed by atoms with Crippen LogP contribution in [0.5, 0.6) is 5.75 Å². The standard InChI is InChI=1S/C28H35FN7O6PS/c1-15(2)40-25(38)16(3)35-43(44,42-19-12-8-10-17-9-6-7-11-18(17)19)39-13-20-22(37)28(4,29)26(41-20)36-14-32-21-23(31-5)33-27(30)34-24(21)36/h6-12,14-16,20,22,26,37H,13H2,1-5H3,(H,35,44)(H3,30,31,33,34)/t16-,20+,22+,26+,28+,43-/m0/s1. The van der Waals surface area contributed by atoms with E-state index in [0.29, 0.717) is 17.1 Å². The molecule has 0 saturated carbocycles. The van der Waals surface area contributed by atoms with Crippen molar-refractivity contribution in [2.75, 3.05) is 24.7 Å². The molecule has 13 nitrogen and oxygen atoms in total. The maximum absolute atomic E-state index is 16.2. The second-order valence-electron chi connectivity index (χ2n) is 10.8. The van der Waals surface area contributed by atoms with Gasteiger partial charge in [0.05, 0.1) is 19.0 Å². The van der Waals surface area contributed by atoms with Gasteiger partial charge in [-0.05, 0) is 51.0 Å². The number of nitrogens with one attached hydrogen (secondary N) is 2. The van der Waals surface area contributed by atoms with Crippen LogP contribution >= 0.6 is 6.64 Å². The van der Waals surface area contributed by atoms with Crippen LogP contribution in [0, 0.1) is 0 Å². The van der Waals surface area contributed by atoms with Gasteiger partial charge in [0, 0.05) is 12.4 Å². The van der Waals surface area contributed by atoms with Crippen LogP contribution in [-0.4, -0.2) is 74.3 Å². The summed E-state index contributed by atoms with van der Waals surface area (Å²) in [7, 11) is 1.64. The number of carbonyl (C=O) groups is 1. The average Bonchev–Trinajstić information content (AvgIpc) is 3.48. The molecule has 1 aliphatic heterocycles. The molecule has 1 saturated heterocycles. The highest BCUT2D eigenvalue weighted by Gasteiger charge is 2.56. The van der Waals surface area contributed by atoms with E-state index in [4.69, 9.17) is 36.1 Å². The summed E-state index contributed by atoms with van der Waals surface area (Å²) in [6.45, 7) is 2.33. The predicted molar refractivity (Wildman–Crippen MR) is 167 cm³/mol. The Kier molecular flexibility index (Phi) is 9.08. The quantitative estimate of drug-likeness (QED) is 0.137. The van der Waals surface area contributed by atoms with Crippen molar-refractivity contribution in [1.29, 1.82) is 0 Å². The number of nitrogens with two attached hydrogens (primary N) is 1. The first kappa shape index (κ1) is 31.9. The lowest BCUT2D eigenvalue weighted by Gasteiger charge is -2.28. The van der Waals surface area contributed by atoms with Gasteiger partial charge in [0.2, 0.25) is 5.95 Å². The van der Waals surface area contributed by atoms with Crippen molar-refractivity contribution in [2.24, 2.45) is 0 Å². The predicted octanol–water partition coefficient (Wildman–Crippen LogP) is 3.84. The molecule has 0 aliphatic carbocycles. The molecule has 5 rings (SSSR count). The van der Waals surface area contributed by atoms with Gasteiger partial charge in [0.1, 0.15) is 24.0 Å². The van der Waals surface area contributed by atoms with E-state index in [1.807, 2.05) is 36.4 Å². The number of fused-ring (bicyclic) bond motifs is 2. The van der Waals surface area contributed by atoms with Crippen LogP contribution in [0.25, 0.3) is 21.9 Å². The van der Waals surface area contributed by atoms with Gasteiger partial charge in [-0.1, -0.05) is 36.4 Å². The van der Waals surface area contributed by atoms with E-state index in [2.05, 4.69) is 25.4 Å². The minimum atomic E-state index is -3.55. The molecule has 16 heteroatoms. The third kappa shape index (κ3) is 6.34. The topological polar surface area (TPSA) is 168 Å². The molecule has 3 heterocycles. The van der Waals surface area contributed by atoms with E-state index in [1.165, 1.54) is 17.8 Å². The molecule has 0 spiro atoms. The summed E-state index contributed by atoms with van der Waals surface area (Å²) < 4.78 is 41.3. The summed E-state index contributed by atoms with van der Waals surface area (Å²) in [5.41, 5.74) is 4.12. The van der Waals surface area contributed by atoms with Crippen LogP contribution in [0.15, 0.2) is 48.8 Å². The number of nitrogen functional groups attached to an aromatic ring is 1. The van der Waals surface area contributed by atoms with E-state index >= 15 is 4.39 Å². The number of aromatic nitrogens is 4. The molecule has 44 heavy (non-hydrogen) atoms. The number of imidazole rings is 1. The number of alkyl halides is 1. The number of anilines is 2. The highest BCUT2D eigenvalue weighted by Crippen LogP contribution is 2.49. The van der Waals surface area contributed by atoms with Gasteiger partial charge in [0.25, 0.3) is 0 Å². The first-order valence-electron chi connectivity index (χ1n) is 13.9. The molecule has 5 N–H and O–H groups in total. The number of carbonyl (C=O) groups excluding carboxylic acids is 1. The lowest BCUT2D eigenvalue weighted by molar-refractivity contribution is -0.149. The van der Waals surface area contributed by atoms with Gasteiger partial charge >= 0.3 is 12.6 Å². The Balaban J connectivity index is 1.42. The molecule has 0 amide bonds. The van der Waals surface area contributed by atoms with E-state index in [-0.39, 0.29) is 24.3 Å². The van der Waals surface area contributed by atoms with Gasteiger partial charge in [0.15, 0.2) is 28.9 Å². The number of ether oxygens (including phenoxy) is 2. The van der Waals surface area contributed by atoms with Crippen molar-refractivity contribution in [3.63, 3.8) is 0 Å². The lowest BCUT2D eigenvalue weighted by Crippen LogP contribution is -2.41. The molecule has 0 bridgehead atoms. The molecule has 2 aromatic carbocycles. The van der Waals surface area contributed by atoms with Crippen molar-refractivity contribution in [2.45, 2.75) is 63.9 Å². The van der Waals surface area contributed by atoms with Gasteiger partial charge < -0.3 is 34.7 Å². The lowest BCUT2D eigenvalue weighted by atomic mass is 9.98. The van der Waals surface area contributed by atoms with Crippen molar-refractivity contribution >= 4 is 58.1 Å². The fourth-order valence-electron chi connectivity index (χ4n) is 4.92. The van der Waals surface area contributed by atoms with Gasteiger partial charge in [-0.15, -0.1) is 0 Å². The Morgan fingerprint density at radius 3 is 2.70 bits per heavy atom. The SMILES string of the molecule is CNc1nc(N)nc2c1ncn2[C@@H]1O[C@H](CO[P@@](=S)(N[C@@H](C)C(=O)OC(C)C)Oc2cccc3ccccc23)[C@@H](O)[C@@]1(C)F. The smallest absolute Gasteiger partial charge is 0.323 e. The number of esters is 1. The van der Waals surface area contributed by atoms with E-state index in [1.54, 1.807) is 33.9 Å². The maximum atomic E-state index is 16.2. The normalized spacial score (nSPS) is 24.0. The first-order chi connectivity index (χ1) is 20.8. The first-order valence-corrected chi connectivity index (χ1v) is 16.6. The molecular weight excluding hydrogens is 612 g/mol. The van der Waals surface area contributed by atoms with E-state index < -0.39 is 42.8 Å². The Bertz CT molecular complexity index is 1720. The van der Waals surface area contributed by atoms with Gasteiger partial charge in [-0.2, -0.15) is 9.97 Å². The van der Waals surface area contributed by atoms with Crippen molar-refractivity contribution in [3.8, 4) is 5.75 Å². The minimum absolute atomic E-state index is 0.0509. The molecule has 1 fully saturated rings. The fraction of sp³-hybridized carbons (Fsp3) is 0.429. The van der Waals surface area contributed by atoms with Crippen LogP contribution in [0.4, 0.5) is 16.2 Å². The van der Waals surface area contributed by atoms with Crippen LogP contribution in [0.2, 0.25) is 0 Å². The number of halogens is 1. The summed E-state index contributed by atoms with van der Waals surface area (Å²) in [4.78, 5) is 25.3. The van der Waals surface area contributed by atoms with E-state index in [0.717, 1.165) is 10.8 Å². The van der Waals surface area contributed by atoms with Crippen LogP contribution in [0.1, 0.15) is 33.9 Å². The van der Waals surface area contributed by atoms with Crippen molar-refractivity contribution in [1.82, 2.24) is 24.6 Å². The highest BCUT2D eigenvalue weighted by molar-refractivity contribution is 8.09. The zero-order chi connectivity index (χ0) is 31.8. The highest BCUT2D eigenvalue weighted by atomic mass is 32.5. The molecule has 4 aromatic rings. The Morgan fingerprint density at radius 1 is 1.25 bits per heavy atom. The van der Waals surface area contributed by atoms with Crippen molar-refractivity contribution in [3.05, 3.63) is 48.8 Å². The summed E-state index contributed by atoms with van der Waals surface area (Å²) in [5.74, 6) is 0.173. The van der Waals surface area contributed by atoms with E-state index in [9.17, 15) is 9.90 Å². The zero-order valence-corrected chi connectivity index (χ0v) is 26.5. The molecule has 1 aliphatic rings. The van der Waals surface area contributed by atoms with Crippen LogP contribution in [0.3, 0.4) is 0 Å². The Labute approximate surface area is 258 Å². The van der Waals surface area contributed by atoms with Gasteiger partial charge in [-0.3, -0.25) is 9.36 Å². The molecule has 0 radical (unpaired) electrons. The Hall–Kier alpha value is -3.46. The fourth-order valence-corrected chi connectivity index (χ4v) is 7.34. The molecular formula is C28H35FN7O6PS. The van der Waals surface area contributed by atoms with Crippen LogP contribution < -0.4 is 20.7 Å². The summed E-state index contributed by atoms with van der Waals surface area (Å²) >= 11 is 5.86. The second-order valence-corrected chi connectivity index (χ2v) is 14.0. The number of aliphatic hydroxyl groups excluding tert-OH is 1. The Morgan fingerprint density at radius 2 is 1.98 bits per heavy atom. The summed E-state index contributed by atoms with van der Waals surface area (Å²) in [5, 5.41) is 18.6. The number of hydrogen-bond acceptors (Lipinski definition) is 12. The third-order valence-electron chi connectivity index (χ3n) is 7.08. The maximum Gasteiger partial charge on any atom is 0.323 e. The minimum Gasteiger partial charge on any atom is -0.462 e. The monoisotopic (exact) mass is 647 g/mol. The molecule has 236 valence electrons. The average molecular weight is 648 g/mol. The summed E-state index contributed by atoms with van der Waals surface area (Å²) in [6, 6.07) is 12.1. The zero-order valence-electron chi connectivity index (χ0n) is 24.8.